The van der Waals surface area contributed by atoms with Crippen molar-refractivity contribution >= 4 is 28.1 Å². The highest BCUT2D eigenvalue weighted by Crippen LogP contribution is 2.31. The molecule has 0 bridgehead atoms. The van der Waals surface area contributed by atoms with Gasteiger partial charge >= 0.3 is 0 Å². The van der Waals surface area contributed by atoms with Gasteiger partial charge in [0, 0.05) is 18.5 Å². The lowest BCUT2D eigenvalue weighted by atomic mass is 10.2. The van der Waals surface area contributed by atoms with Crippen molar-refractivity contribution in [1.29, 1.82) is 0 Å². The lowest BCUT2D eigenvalue weighted by Gasteiger charge is -2.21. The standard InChI is InChI=1S/C20H21N3O3S/c1-26-10-9-23(20(25)17-11-13-5-4-8-16(13)27-17)12-18-21-15-7-3-2-6-14(15)19(24)22-18/h2-3,6-7,11H,4-5,8-10,12H2,1H3,(H,21,22,24). The second kappa shape index (κ2) is 7.62. The van der Waals surface area contributed by atoms with E-state index in [1.807, 2.05) is 18.2 Å². The number of aromatic amines is 1. The van der Waals surface area contributed by atoms with E-state index in [-0.39, 0.29) is 18.0 Å². The molecule has 1 aliphatic rings. The Labute approximate surface area is 160 Å². The second-order valence-corrected chi connectivity index (χ2v) is 7.80. The summed E-state index contributed by atoms with van der Waals surface area (Å²) in [5.74, 6) is 0.439. The van der Waals surface area contributed by atoms with Crippen LogP contribution >= 0.6 is 11.3 Å². The first kappa shape index (κ1) is 17.9. The van der Waals surface area contributed by atoms with Gasteiger partial charge in [0.2, 0.25) is 0 Å². The highest BCUT2D eigenvalue weighted by molar-refractivity contribution is 7.14. The van der Waals surface area contributed by atoms with Gasteiger partial charge in [-0.15, -0.1) is 11.3 Å². The van der Waals surface area contributed by atoms with E-state index in [1.165, 1.54) is 16.9 Å². The summed E-state index contributed by atoms with van der Waals surface area (Å²) in [6.07, 6.45) is 3.28. The number of H-pyrrole nitrogens is 1. The Morgan fingerprint density at radius 3 is 3.00 bits per heavy atom. The van der Waals surface area contributed by atoms with Crippen molar-refractivity contribution in [3.8, 4) is 0 Å². The number of nitrogens with one attached hydrogen (secondary N) is 1. The number of methoxy groups -OCH3 is 1. The van der Waals surface area contributed by atoms with Crippen LogP contribution in [0.1, 0.15) is 32.4 Å². The largest absolute Gasteiger partial charge is 0.383 e. The number of thiophene rings is 1. The molecule has 140 valence electrons. The van der Waals surface area contributed by atoms with Gasteiger partial charge in [0.1, 0.15) is 5.82 Å². The molecule has 0 spiro atoms. The molecule has 4 rings (SSSR count). The van der Waals surface area contributed by atoms with Gasteiger partial charge in [-0.1, -0.05) is 12.1 Å². The highest BCUT2D eigenvalue weighted by Gasteiger charge is 2.23. The van der Waals surface area contributed by atoms with Gasteiger partial charge in [-0.05, 0) is 43.0 Å². The third-order valence-corrected chi connectivity index (χ3v) is 6.04. The van der Waals surface area contributed by atoms with Crippen molar-refractivity contribution < 1.29 is 9.53 Å². The number of hydrogen-bond donors (Lipinski definition) is 1. The van der Waals surface area contributed by atoms with Crippen LogP contribution in [0.15, 0.2) is 35.1 Å². The van der Waals surface area contributed by atoms with Crippen molar-refractivity contribution in [2.45, 2.75) is 25.8 Å². The Kier molecular flexibility index (Phi) is 5.05. The first-order valence-corrected chi connectivity index (χ1v) is 9.85. The second-order valence-electron chi connectivity index (χ2n) is 6.66. The molecule has 27 heavy (non-hydrogen) atoms. The van der Waals surface area contributed by atoms with Gasteiger partial charge in [0.15, 0.2) is 0 Å². The number of rotatable bonds is 6. The first-order valence-electron chi connectivity index (χ1n) is 9.03. The van der Waals surface area contributed by atoms with Crippen molar-refractivity contribution in [3.05, 3.63) is 61.8 Å². The number of ether oxygens (including phenoxy) is 1. The van der Waals surface area contributed by atoms with Crippen LogP contribution in [0.25, 0.3) is 10.9 Å². The maximum atomic E-state index is 13.1. The summed E-state index contributed by atoms with van der Waals surface area (Å²) in [4.78, 5) is 36.5. The molecule has 0 saturated heterocycles. The fourth-order valence-corrected chi connectivity index (χ4v) is 4.66. The van der Waals surface area contributed by atoms with Crippen molar-refractivity contribution in [2.75, 3.05) is 20.3 Å². The number of hydrogen-bond acceptors (Lipinski definition) is 5. The lowest BCUT2D eigenvalue weighted by Crippen LogP contribution is -2.34. The van der Waals surface area contributed by atoms with E-state index >= 15 is 0 Å². The Morgan fingerprint density at radius 1 is 1.33 bits per heavy atom. The molecule has 1 aliphatic carbocycles. The third-order valence-electron chi connectivity index (χ3n) is 4.81. The summed E-state index contributed by atoms with van der Waals surface area (Å²) in [5, 5.41) is 0.547. The molecular formula is C20H21N3O3S. The number of fused-ring (bicyclic) bond motifs is 2. The summed E-state index contributed by atoms with van der Waals surface area (Å²) in [7, 11) is 1.61. The zero-order chi connectivity index (χ0) is 18.8. The van der Waals surface area contributed by atoms with Crippen LogP contribution in [0.5, 0.6) is 0 Å². The Bertz CT molecular complexity index is 1020. The summed E-state index contributed by atoms with van der Waals surface area (Å²) < 4.78 is 5.17. The van der Waals surface area contributed by atoms with E-state index in [0.717, 1.165) is 17.7 Å². The van der Waals surface area contributed by atoms with Gasteiger partial charge in [-0.3, -0.25) is 9.59 Å². The highest BCUT2D eigenvalue weighted by atomic mass is 32.1. The Hall–Kier alpha value is -2.51. The molecule has 1 amide bonds. The van der Waals surface area contributed by atoms with Gasteiger partial charge in [0.05, 0.1) is 28.9 Å². The third kappa shape index (κ3) is 3.65. The molecule has 0 atom stereocenters. The Morgan fingerprint density at radius 2 is 2.19 bits per heavy atom. The molecule has 7 heteroatoms. The van der Waals surface area contributed by atoms with Crippen LogP contribution < -0.4 is 5.56 Å². The van der Waals surface area contributed by atoms with Crippen LogP contribution in [0.2, 0.25) is 0 Å². The van der Waals surface area contributed by atoms with Gasteiger partial charge in [-0.25, -0.2) is 4.98 Å². The number of nitrogens with zero attached hydrogens (tertiary/aromatic N) is 2. The number of aromatic nitrogens is 2. The molecule has 1 N–H and O–H groups in total. The number of benzene rings is 1. The summed E-state index contributed by atoms with van der Waals surface area (Å²) >= 11 is 1.58. The first-order chi connectivity index (χ1) is 13.2. The van der Waals surface area contributed by atoms with Crippen molar-refractivity contribution in [3.63, 3.8) is 0 Å². The van der Waals surface area contributed by atoms with Gasteiger partial charge < -0.3 is 14.6 Å². The minimum absolute atomic E-state index is 0.0396. The van der Waals surface area contributed by atoms with Crippen LogP contribution in [0.3, 0.4) is 0 Å². The Balaban J connectivity index is 1.62. The topological polar surface area (TPSA) is 75.3 Å². The normalized spacial score (nSPS) is 13.1. The zero-order valence-electron chi connectivity index (χ0n) is 15.2. The van der Waals surface area contributed by atoms with E-state index < -0.39 is 0 Å². The molecule has 3 aromatic rings. The summed E-state index contributed by atoms with van der Waals surface area (Å²) in [6.45, 7) is 1.11. The minimum atomic E-state index is -0.190. The molecular weight excluding hydrogens is 362 g/mol. The molecule has 6 nitrogen and oxygen atoms in total. The quantitative estimate of drug-likeness (QED) is 0.710. The van der Waals surface area contributed by atoms with Crippen molar-refractivity contribution in [2.24, 2.45) is 0 Å². The maximum absolute atomic E-state index is 13.1. The van der Waals surface area contributed by atoms with Crippen LogP contribution in [-0.2, 0) is 24.1 Å². The zero-order valence-corrected chi connectivity index (χ0v) is 16.0. The molecule has 1 aromatic carbocycles. The van der Waals surface area contributed by atoms with Crippen molar-refractivity contribution in [1.82, 2.24) is 14.9 Å². The number of aryl methyl sites for hydroxylation is 2. The van der Waals surface area contributed by atoms with Crippen LogP contribution in [0, 0.1) is 0 Å². The van der Waals surface area contributed by atoms with E-state index in [0.29, 0.717) is 29.9 Å². The molecule has 2 aromatic heterocycles. The van der Waals surface area contributed by atoms with E-state index in [2.05, 4.69) is 9.97 Å². The molecule has 0 radical (unpaired) electrons. The fraction of sp³-hybridized carbons (Fsp3) is 0.350. The van der Waals surface area contributed by atoms with E-state index in [4.69, 9.17) is 4.74 Å². The van der Waals surface area contributed by atoms with Crippen LogP contribution in [0.4, 0.5) is 0 Å². The molecule has 0 aliphatic heterocycles. The van der Waals surface area contributed by atoms with E-state index in [1.54, 1.807) is 35.5 Å². The average Bonchev–Trinajstić information content (AvgIpc) is 3.27. The predicted molar refractivity (Wildman–Crippen MR) is 105 cm³/mol. The minimum Gasteiger partial charge on any atom is -0.383 e. The predicted octanol–water partition coefficient (Wildman–Crippen LogP) is 2.76. The number of carbonyl (C=O) groups excluding carboxylic acids is 1. The molecule has 0 unspecified atom stereocenters. The monoisotopic (exact) mass is 383 g/mol. The molecule has 0 fully saturated rings. The molecule has 0 saturated carbocycles. The summed E-state index contributed by atoms with van der Waals surface area (Å²) in [5.41, 5.74) is 1.74. The smallest absolute Gasteiger partial charge is 0.264 e. The number of carbonyl (C=O) groups is 1. The number of amides is 1. The summed E-state index contributed by atoms with van der Waals surface area (Å²) in [6, 6.07) is 9.22. The maximum Gasteiger partial charge on any atom is 0.264 e. The SMILES string of the molecule is COCCN(Cc1nc2ccccc2c(=O)[nH]1)C(=O)c1cc2c(s1)CCC2. The van der Waals surface area contributed by atoms with E-state index in [9.17, 15) is 9.59 Å². The van der Waals surface area contributed by atoms with Crippen LogP contribution in [-0.4, -0.2) is 41.0 Å². The average molecular weight is 383 g/mol. The fourth-order valence-electron chi connectivity index (χ4n) is 3.43. The van der Waals surface area contributed by atoms with Gasteiger partial charge in [0.25, 0.3) is 11.5 Å². The van der Waals surface area contributed by atoms with Gasteiger partial charge in [-0.2, -0.15) is 0 Å². The number of para-hydroxylation sites is 1. The lowest BCUT2D eigenvalue weighted by molar-refractivity contribution is 0.0680. The molecule has 2 heterocycles.